The molecule has 132 valence electrons. The first-order valence-corrected chi connectivity index (χ1v) is 8.25. The van der Waals surface area contributed by atoms with Crippen LogP contribution in [0.1, 0.15) is 18.5 Å². The summed E-state index contributed by atoms with van der Waals surface area (Å²) in [7, 11) is 0. The number of piperidine rings is 1. The average Bonchev–Trinajstić information content (AvgIpc) is 2.61. The molecule has 1 aliphatic rings. The van der Waals surface area contributed by atoms with Gasteiger partial charge in [-0.2, -0.15) is 0 Å². The zero-order valence-electron chi connectivity index (χ0n) is 14.1. The number of aromatic amines is 1. The van der Waals surface area contributed by atoms with Crippen LogP contribution in [-0.4, -0.2) is 46.6 Å². The first kappa shape index (κ1) is 16.9. The highest BCUT2D eigenvalue weighted by Crippen LogP contribution is 2.15. The largest absolute Gasteiger partial charge is 0.482 e. The molecule has 0 atom stereocenters. The number of pyridine rings is 1. The smallest absolute Gasteiger partial charge is 0.258 e. The fraction of sp³-hybridized carbons (Fsp3) is 0.412. The SMILES string of the molecule is Cc1cc(=O)[nH]c(N2CCC(NC(=O)COc3cccnc3)CC2)n1. The molecule has 2 aromatic rings. The van der Waals surface area contributed by atoms with Crippen molar-refractivity contribution in [3.8, 4) is 5.75 Å². The third-order valence-electron chi connectivity index (χ3n) is 4.02. The zero-order valence-corrected chi connectivity index (χ0v) is 14.1. The molecule has 25 heavy (non-hydrogen) atoms. The standard InChI is InChI=1S/C17H21N5O3/c1-12-9-15(23)21-17(19-12)22-7-4-13(5-8-22)20-16(24)11-25-14-3-2-6-18-10-14/h2-3,6,9-10,13H,4-5,7-8,11H2,1H3,(H,20,24)(H,19,21,23). The van der Waals surface area contributed by atoms with Gasteiger partial charge in [-0.05, 0) is 31.9 Å². The summed E-state index contributed by atoms with van der Waals surface area (Å²) in [5.41, 5.74) is 0.548. The van der Waals surface area contributed by atoms with Crippen LogP contribution in [0.15, 0.2) is 35.4 Å². The van der Waals surface area contributed by atoms with Crippen LogP contribution in [0.3, 0.4) is 0 Å². The van der Waals surface area contributed by atoms with Crippen LogP contribution in [0.25, 0.3) is 0 Å². The number of ether oxygens (including phenoxy) is 1. The summed E-state index contributed by atoms with van der Waals surface area (Å²) >= 11 is 0. The van der Waals surface area contributed by atoms with E-state index in [-0.39, 0.29) is 24.1 Å². The van der Waals surface area contributed by atoms with Crippen molar-refractivity contribution in [1.82, 2.24) is 20.3 Å². The van der Waals surface area contributed by atoms with Gasteiger partial charge in [0, 0.05) is 37.1 Å². The number of nitrogens with one attached hydrogen (secondary N) is 2. The maximum absolute atomic E-state index is 12.0. The third-order valence-corrected chi connectivity index (χ3v) is 4.02. The number of aromatic nitrogens is 3. The van der Waals surface area contributed by atoms with Crippen LogP contribution < -0.4 is 20.5 Å². The number of aryl methyl sites for hydroxylation is 1. The Morgan fingerprint density at radius 3 is 2.92 bits per heavy atom. The Bertz CT molecular complexity index is 769. The number of hydrogen-bond donors (Lipinski definition) is 2. The van der Waals surface area contributed by atoms with E-state index in [9.17, 15) is 9.59 Å². The van der Waals surface area contributed by atoms with Crippen molar-refractivity contribution in [2.75, 3.05) is 24.6 Å². The lowest BCUT2D eigenvalue weighted by molar-refractivity contribution is -0.123. The lowest BCUT2D eigenvalue weighted by Crippen LogP contribution is -2.46. The molecule has 1 saturated heterocycles. The van der Waals surface area contributed by atoms with Gasteiger partial charge in [-0.15, -0.1) is 0 Å². The van der Waals surface area contributed by atoms with Crippen LogP contribution in [0.5, 0.6) is 5.75 Å². The molecule has 0 spiro atoms. The van der Waals surface area contributed by atoms with E-state index in [2.05, 4.69) is 20.3 Å². The molecule has 2 aromatic heterocycles. The summed E-state index contributed by atoms with van der Waals surface area (Å²) in [4.78, 5) is 36.6. The summed E-state index contributed by atoms with van der Waals surface area (Å²) in [5.74, 6) is 1.01. The Hall–Kier alpha value is -2.90. The Morgan fingerprint density at radius 1 is 1.44 bits per heavy atom. The normalized spacial score (nSPS) is 15.0. The van der Waals surface area contributed by atoms with Gasteiger partial charge in [0.25, 0.3) is 11.5 Å². The number of H-pyrrole nitrogens is 1. The van der Waals surface area contributed by atoms with Crippen LogP contribution in [0.2, 0.25) is 0 Å². The van der Waals surface area contributed by atoms with E-state index in [4.69, 9.17) is 4.74 Å². The van der Waals surface area contributed by atoms with E-state index in [0.717, 1.165) is 25.9 Å². The summed E-state index contributed by atoms with van der Waals surface area (Å²) in [6.07, 6.45) is 4.80. The Kier molecular flexibility index (Phi) is 5.27. The highest BCUT2D eigenvalue weighted by molar-refractivity contribution is 5.77. The predicted octanol–water partition coefficient (Wildman–Crippen LogP) is 0.637. The van der Waals surface area contributed by atoms with E-state index in [1.807, 2.05) is 4.90 Å². The second kappa shape index (κ2) is 7.78. The molecule has 1 fully saturated rings. The minimum Gasteiger partial charge on any atom is -0.482 e. The minimum atomic E-state index is -0.149. The third kappa shape index (κ3) is 4.79. The number of carbonyl (C=O) groups is 1. The monoisotopic (exact) mass is 343 g/mol. The number of rotatable bonds is 5. The maximum atomic E-state index is 12.0. The fourth-order valence-electron chi connectivity index (χ4n) is 2.80. The highest BCUT2D eigenvalue weighted by Gasteiger charge is 2.22. The lowest BCUT2D eigenvalue weighted by Gasteiger charge is -2.32. The molecular formula is C17H21N5O3. The molecular weight excluding hydrogens is 322 g/mol. The van der Waals surface area contributed by atoms with Crippen molar-refractivity contribution < 1.29 is 9.53 Å². The molecule has 2 N–H and O–H groups in total. The van der Waals surface area contributed by atoms with Gasteiger partial charge in [-0.3, -0.25) is 19.6 Å². The van der Waals surface area contributed by atoms with Crippen LogP contribution in [0.4, 0.5) is 5.95 Å². The topological polar surface area (TPSA) is 100 Å². The van der Waals surface area contributed by atoms with E-state index in [0.29, 0.717) is 17.4 Å². The maximum Gasteiger partial charge on any atom is 0.258 e. The average molecular weight is 343 g/mol. The molecule has 3 rings (SSSR count). The molecule has 0 radical (unpaired) electrons. The van der Waals surface area contributed by atoms with E-state index in [1.54, 1.807) is 31.5 Å². The van der Waals surface area contributed by atoms with Crippen molar-refractivity contribution in [3.05, 3.63) is 46.6 Å². The van der Waals surface area contributed by atoms with Gasteiger partial charge in [0.15, 0.2) is 6.61 Å². The van der Waals surface area contributed by atoms with Gasteiger partial charge < -0.3 is 15.0 Å². The molecule has 1 aliphatic heterocycles. The molecule has 1 amide bonds. The van der Waals surface area contributed by atoms with Gasteiger partial charge in [-0.1, -0.05) is 0 Å². The molecule has 8 heteroatoms. The molecule has 0 aliphatic carbocycles. The lowest BCUT2D eigenvalue weighted by atomic mass is 10.1. The van der Waals surface area contributed by atoms with Crippen LogP contribution >= 0.6 is 0 Å². The quantitative estimate of drug-likeness (QED) is 0.826. The number of amides is 1. The summed E-state index contributed by atoms with van der Waals surface area (Å²) in [6.45, 7) is 3.22. The van der Waals surface area contributed by atoms with Crippen LogP contribution in [0, 0.1) is 6.92 Å². The van der Waals surface area contributed by atoms with Gasteiger partial charge >= 0.3 is 0 Å². The van der Waals surface area contributed by atoms with Crippen molar-refractivity contribution in [1.29, 1.82) is 0 Å². The number of hydrogen-bond acceptors (Lipinski definition) is 6. The fourth-order valence-corrected chi connectivity index (χ4v) is 2.80. The zero-order chi connectivity index (χ0) is 17.6. The summed E-state index contributed by atoms with van der Waals surface area (Å²) in [6, 6.07) is 5.08. The van der Waals surface area contributed by atoms with E-state index >= 15 is 0 Å². The minimum absolute atomic E-state index is 0.0291. The highest BCUT2D eigenvalue weighted by atomic mass is 16.5. The van der Waals surface area contributed by atoms with E-state index in [1.165, 1.54) is 6.07 Å². The van der Waals surface area contributed by atoms with Crippen molar-refractivity contribution in [2.24, 2.45) is 0 Å². The van der Waals surface area contributed by atoms with Gasteiger partial charge in [-0.25, -0.2) is 4.98 Å². The number of carbonyl (C=O) groups excluding carboxylic acids is 1. The second-order valence-corrected chi connectivity index (χ2v) is 6.02. The second-order valence-electron chi connectivity index (χ2n) is 6.02. The van der Waals surface area contributed by atoms with Gasteiger partial charge in [0.1, 0.15) is 5.75 Å². The molecule has 0 unspecified atom stereocenters. The molecule has 0 aromatic carbocycles. The Balaban J connectivity index is 1.46. The van der Waals surface area contributed by atoms with Gasteiger partial charge in [0.2, 0.25) is 5.95 Å². The van der Waals surface area contributed by atoms with Crippen LogP contribution in [-0.2, 0) is 4.79 Å². The van der Waals surface area contributed by atoms with Crippen molar-refractivity contribution in [3.63, 3.8) is 0 Å². The summed E-state index contributed by atoms with van der Waals surface area (Å²) < 4.78 is 5.39. The molecule has 0 bridgehead atoms. The predicted molar refractivity (Wildman–Crippen MR) is 92.7 cm³/mol. The molecule has 3 heterocycles. The Morgan fingerprint density at radius 2 is 2.24 bits per heavy atom. The van der Waals surface area contributed by atoms with Crippen molar-refractivity contribution >= 4 is 11.9 Å². The van der Waals surface area contributed by atoms with E-state index < -0.39 is 0 Å². The first-order valence-electron chi connectivity index (χ1n) is 8.25. The van der Waals surface area contributed by atoms with Crippen molar-refractivity contribution in [2.45, 2.75) is 25.8 Å². The van der Waals surface area contributed by atoms with Gasteiger partial charge in [0.05, 0.1) is 6.20 Å². The summed E-state index contributed by atoms with van der Waals surface area (Å²) in [5, 5.41) is 2.98. The molecule has 0 saturated carbocycles. The number of anilines is 1. The first-order chi connectivity index (χ1) is 12.1. The Labute approximate surface area is 145 Å². The number of nitrogens with zero attached hydrogens (tertiary/aromatic N) is 3. The molecule has 8 nitrogen and oxygen atoms in total.